The zero-order chi connectivity index (χ0) is 17.4. The molecule has 0 N–H and O–H groups in total. The van der Waals surface area contributed by atoms with E-state index in [9.17, 15) is 9.59 Å². The molecule has 124 valence electrons. The molecule has 0 amide bonds. The Morgan fingerprint density at radius 3 is 2.35 bits per heavy atom. The van der Waals surface area contributed by atoms with Gasteiger partial charge in [-0.15, -0.1) is 0 Å². The van der Waals surface area contributed by atoms with Gasteiger partial charge in [-0.3, -0.25) is 4.79 Å². The van der Waals surface area contributed by atoms with E-state index in [1.54, 1.807) is 6.92 Å². The highest BCUT2D eigenvalue weighted by atomic mass is 16.6. The molecule has 23 heavy (non-hydrogen) atoms. The number of hydrogen-bond donors (Lipinski definition) is 0. The van der Waals surface area contributed by atoms with Crippen LogP contribution in [0.4, 0.5) is 0 Å². The molecular formula is C19H24O4. The van der Waals surface area contributed by atoms with Gasteiger partial charge in [-0.05, 0) is 49.0 Å². The summed E-state index contributed by atoms with van der Waals surface area (Å²) in [5.41, 5.74) is 1.52. The van der Waals surface area contributed by atoms with E-state index in [0.29, 0.717) is 5.57 Å². The van der Waals surface area contributed by atoms with E-state index in [1.165, 1.54) is 6.92 Å². The molecule has 0 radical (unpaired) electrons. The Morgan fingerprint density at radius 2 is 1.78 bits per heavy atom. The Kier molecular flexibility index (Phi) is 4.38. The summed E-state index contributed by atoms with van der Waals surface area (Å²) in [7, 11) is 0. The first-order valence-electron chi connectivity index (χ1n) is 7.73. The molecule has 0 bridgehead atoms. The molecule has 2 aliphatic carbocycles. The molecule has 0 spiro atoms. The van der Waals surface area contributed by atoms with Crippen molar-refractivity contribution in [2.45, 2.75) is 52.7 Å². The summed E-state index contributed by atoms with van der Waals surface area (Å²) in [5.74, 6) is -0.725. The summed E-state index contributed by atoms with van der Waals surface area (Å²) in [4.78, 5) is 23.2. The second-order valence-corrected chi connectivity index (χ2v) is 7.08. The summed E-state index contributed by atoms with van der Waals surface area (Å²) in [5, 5.41) is 0. The SMILES string of the molecule is C=C(C)C(=O)OC1CC(C)(C)C2=C1C=C[C@@](C)(OC(C)=O)C=C2. The fourth-order valence-corrected chi connectivity index (χ4v) is 3.04. The van der Waals surface area contributed by atoms with Crippen LogP contribution in [0.3, 0.4) is 0 Å². The molecule has 2 rings (SSSR count). The minimum Gasteiger partial charge on any atom is -0.454 e. The van der Waals surface area contributed by atoms with Gasteiger partial charge in [0.15, 0.2) is 0 Å². The second-order valence-electron chi connectivity index (χ2n) is 7.08. The van der Waals surface area contributed by atoms with Gasteiger partial charge >= 0.3 is 11.9 Å². The number of ether oxygens (including phenoxy) is 2. The second kappa shape index (κ2) is 5.84. The predicted molar refractivity (Wildman–Crippen MR) is 88.6 cm³/mol. The number of hydrogen-bond acceptors (Lipinski definition) is 4. The zero-order valence-electron chi connectivity index (χ0n) is 14.4. The standard InChI is InChI=1S/C19H24O4/c1-12(2)17(21)22-16-11-18(4,5)15-8-10-19(6,23-13(3)20)9-7-14(15)16/h7-10,16H,1,11H2,2-6H3/t16?,19-/m1/s1. The Bertz CT molecular complexity index is 648. The quantitative estimate of drug-likeness (QED) is 0.589. The van der Waals surface area contributed by atoms with Gasteiger partial charge in [0.1, 0.15) is 11.7 Å². The maximum Gasteiger partial charge on any atom is 0.333 e. The highest BCUT2D eigenvalue weighted by molar-refractivity contribution is 5.87. The molecule has 0 fully saturated rings. The lowest BCUT2D eigenvalue weighted by Crippen LogP contribution is -2.26. The third-order valence-corrected chi connectivity index (χ3v) is 4.22. The molecule has 0 aromatic rings. The Labute approximate surface area is 137 Å². The molecular weight excluding hydrogens is 292 g/mol. The highest BCUT2D eigenvalue weighted by Gasteiger charge is 2.40. The minimum absolute atomic E-state index is 0.127. The van der Waals surface area contributed by atoms with Gasteiger partial charge < -0.3 is 9.47 Å². The summed E-state index contributed by atoms with van der Waals surface area (Å²) < 4.78 is 11.0. The van der Waals surface area contributed by atoms with Crippen molar-refractivity contribution in [2.24, 2.45) is 5.41 Å². The smallest absolute Gasteiger partial charge is 0.333 e. The van der Waals surface area contributed by atoms with Crippen molar-refractivity contribution in [2.75, 3.05) is 0 Å². The van der Waals surface area contributed by atoms with E-state index in [0.717, 1.165) is 17.6 Å². The van der Waals surface area contributed by atoms with E-state index in [-0.39, 0.29) is 23.5 Å². The minimum atomic E-state index is -0.796. The molecule has 0 aromatic heterocycles. The first-order valence-corrected chi connectivity index (χ1v) is 7.73. The van der Waals surface area contributed by atoms with Gasteiger partial charge in [0.2, 0.25) is 0 Å². The van der Waals surface area contributed by atoms with Gasteiger partial charge in [0.05, 0.1) is 0 Å². The van der Waals surface area contributed by atoms with Crippen LogP contribution in [0.1, 0.15) is 41.0 Å². The van der Waals surface area contributed by atoms with Crippen molar-refractivity contribution in [3.63, 3.8) is 0 Å². The van der Waals surface area contributed by atoms with E-state index in [1.807, 2.05) is 31.2 Å². The van der Waals surface area contributed by atoms with Crippen LogP contribution < -0.4 is 0 Å². The predicted octanol–water partition coefficient (Wildman–Crippen LogP) is 3.65. The summed E-state index contributed by atoms with van der Waals surface area (Å²) in [6.45, 7) is 12.7. The van der Waals surface area contributed by atoms with Crippen molar-refractivity contribution in [1.82, 2.24) is 0 Å². The molecule has 0 aliphatic heterocycles. The maximum absolute atomic E-state index is 11.9. The van der Waals surface area contributed by atoms with Gasteiger partial charge in [0.25, 0.3) is 0 Å². The van der Waals surface area contributed by atoms with Crippen LogP contribution in [-0.4, -0.2) is 23.6 Å². The maximum atomic E-state index is 11.9. The molecule has 4 heteroatoms. The van der Waals surface area contributed by atoms with Crippen LogP contribution in [0.5, 0.6) is 0 Å². The third-order valence-electron chi connectivity index (χ3n) is 4.22. The summed E-state index contributed by atoms with van der Waals surface area (Å²) >= 11 is 0. The molecule has 2 aliphatic rings. The average Bonchev–Trinajstić information content (AvgIpc) is 2.53. The molecule has 4 nitrogen and oxygen atoms in total. The van der Waals surface area contributed by atoms with Crippen molar-refractivity contribution in [3.8, 4) is 0 Å². The molecule has 0 saturated carbocycles. The van der Waals surface area contributed by atoms with Crippen LogP contribution in [0.25, 0.3) is 0 Å². The lowest BCUT2D eigenvalue weighted by atomic mass is 9.84. The van der Waals surface area contributed by atoms with E-state index in [4.69, 9.17) is 9.47 Å². The van der Waals surface area contributed by atoms with Gasteiger partial charge in [-0.2, -0.15) is 0 Å². The van der Waals surface area contributed by atoms with E-state index in [2.05, 4.69) is 20.4 Å². The summed E-state index contributed by atoms with van der Waals surface area (Å²) in [6.07, 6.45) is 7.99. The Hall–Kier alpha value is -2.10. The normalized spacial score (nSPS) is 28.1. The number of allylic oxidation sites excluding steroid dienone is 2. The number of rotatable bonds is 3. The topological polar surface area (TPSA) is 52.6 Å². The monoisotopic (exact) mass is 316 g/mol. The molecule has 2 atom stereocenters. The van der Waals surface area contributed by atoms with Crippen molar-refractivity contribution in [3.05, 3.63) is 47.6 Å². The van der Waals surface area contributed by atoms with Crippen LogP contribution in [0.2, 0.25) is 0 Å². The van der Waals surface area contributed by atoms with Gasteiger partial charge in [-0.1, -0.05) is 32.6 Å². The first-order chi connectivity index (χ1) is 10.5. The fourth-order valence-electron chi connectivity index (χ4n) is 3.04. The van der Waals surface area contributed by atoms with Gasteiger partial charge in [0, 0.05) is 12.5 Å². The first kappa shape index (κ1) is 17.3. The van der Waals surface area contributed by atoms with E-state index >= 15 is 0 Å². The van der Waals surface area contributed by atoms with Crippen molar-refractivity contribution >= 4 is 11.9 Å². The molecule has 0 aromatic carbocycles. The lowest BCUT2D eigenvalue weighted by Gasteiger charge is -2.24. The Morgan fingerprint density at radius 1 is 1.17 bits per heavy atom. The largest absolute Gasteiger partial charge is 0.454 e. The van der Waals surface area contributed by atoms with Crippen LogP contribution in [-0.2, 0) is 19.1 Å². The van der Waals surface area contributed by atoms with Crippen molar-refractivity contribution in [1.29, 1.82) is 0 Å². The molecule has 0 saturated heterocycles. The average molecular weight is 316 g/mol. The van der Waals surface area contributed by atoms with Crippen LogP contribution in [0, 0.1) is 5.41 Å². The molecule has 1 unspecified atom stereocenters. The zero-order valence-corrected chi connectivity index (χ0v) is 14.4. The highest BCUT2D eigenvalue weighted by Crippen LogP contribution is 2.46. The number of carbonyl (C=O) groups is 2. The van der Waals surface area contributed by atoms with Gasteiger partial charge in [-0.25, -0.2) is 4.79 Å². The van der Waals surface area contributed by atoms with Crippen molar-refractivity contribution < 1.29 is 19.1 Å². The van der Waals surface area contributed by atoms with E-state index < -0.39 is 5.60 Å². The number of carbonyl (C=O) groups excluding carboxylic acids is 2. The van der Waals surface area contributed by atoms with Crippen LogP contribution in [0.15, 0.2) is 47.6 Å². The summed E-state index contributed by atoms with van der Waals surface area (Å²) in [6, 6.07) is 0. The van der Waals surface area contributed by atoms with Crippen LogP contribution >= 0.6 is 0 Å². The number of esters is 2. The Balaban J connectivity index is 2.34. The molecule has 0 heterocycles. The fraction of sp³-hybridized carbons (Fsp3) is 0.474. The third kappa shape index (κ3) is 3.63. The lowest BCUT2D eigenvalue weighted by molar-refractivity contribution is -0.147.